The summed E-state index contributed by atoms with van der Waals surface area (Å²) in [6.45, 7) is -8.34. The zero-order valence-electron chi connectivity index (χ0n) is 33.4. The number of hydrogen-bond acceptors (Lipinski definition) is 21. The van der Waals surface area contributed by atoms with Crippen LogP contribution in [0, 0.1) is 5.92 Å². The summed E-state index contributed by atoms with van der Waals surface area (Å²) in [5.41, 5.74) is 6.59. The molecule has 5 aromatic rings. The lowest BCUT2D eigenvalue weighted by Gasteiger charge is -2.29. The molecule has 3 aliphatic rings. The minimum absolute atomic E-state index is 0.00277. The number of imidazole rings is 2. The van der Waals surface area contributed by atoms with E-state index in [0.717, 1.165) is 19.0 Å². The van der Waals surface area contributed by atoms with Crippen LogP contribution in [-0.2, 0) is 78.6 Å². The van der Waals surface area contributed by atoms with Gasteiger partial charge in [0.2, 0.25) is 5.91 Å². The second-order valence-electron chi connectivity index (χ2n) is 14.6. The van der Waals surface area contributed by atoms with E-state index in [1.807, 2.05) is 0 Å². The average molecular weight is 991 g/mol. The zero-order chi connectivity index (χ0) is 46.2. The Morgan fingerprint density at radius 3 is 2.12 bits per heavy atom. The van der Waals surface area contributed by atoms with Crippen LogP contribution in [0.2, 0.25) is 0 Å². The molecule has 3 aliphatic heterocycles. The number of hydrogen-bond donors (Lipinski definition) is 6. The Kier molecular flexibility index (Phi) is 13.7. The molecule has 2 amide bonds. The number of nitrogen functional groups attached to an aromatic ring is 1. The number of aromatic nitrogens is 11. The van der Waals surface area contributed by atoms with Gasteiger partial charge in [-0.05, 0) is 23.6 Å². The number of carboxylic acid groups (broad SMARTS) is 1. The first-order chi connectivity index (χ1) is 31.0. The van der Waals surface area contributed by atoms with E-state index >= 15 is 8.78 Å². The fourth-order valence-corrected chi connectivity index (χ4v) is 9.88. The van der Waals surface area contributed by atoms with Crippen molar-refractivity contribution in [1.82, 2.24) is 59.3 Å². The van der Waals surface area contributed by atoms with E-state index in [1.165, 1.54) is 27.1 Å². The third-order valence-corrected chi connectivity index (χ3v) is 13.2. The van der Waals surface area contributed by atoms with E-state index < -0.39 is 99.8 Å². The van der Waals surface area contributed by atoms with Gasteiger partial charge in [-0.1, -0.05) is 12.1 Å². The van der Waals surface area contributed by atoms with Crippen molar-refractivity contribution in [3.8, 4) is 0 Å². The number of carboxylic acids is 1. The first kappa shape index (κ1) is 46.6. The van der Waals surface area contributed by atoms with Gasteiger partial charge in [-0.2, -0.15) is 0 Å². The molecular formula is C32H38F2N14O13P2S2. The predicted octanol–water partition coefficient (Wildman–Crippen LogP) is 0.928. The number of alkyl halides is 2. The van der Waals surface area contributed by atoms with Crippen LogP contribution < -0.4 is 16.4 Å². The minimum Gasteiger partial charge on any atom is -0.481 e. The van der Waals surface area contributed by atoms with Crippen LogP contribution in [0.4, 0.5) is 25.2 Å². The van der Waals surface area contributed by atoms with Crippen molar-refractivity contribution in [2.45, 2.75) is 82.1 Å². The van der Waals surface area contributed by atoms with Crippen molar-refractivity contribution >= 4 is 89.0 Å². The molecule has 0 aromatic carbocycles. The Hall–Kier alpha value is -4.91. The van der Waals surface area contributed by atoms with Crippen LogP contribution >= 0.6 is 13.4 Å². The van der Waals surface area contributed by atoms with Crippen molar-refractivity contribution in [3.05, 3.63) is 37.2 Å². The maximum Gasteiger partial charge on any atom is 0.412 e. The predicted molar refractivity (Wildman–Crippen MR) is 220 cm³/mol. The molecule has 27 nitrogen and oxygen atoms in total. The van der Waals surface area contributed by atoms with E-state index in [0.29, 0.717) is 12.1 Å². The first-order valence-electron chi connectivity index (χ1n) is 19.3. The Bertz CT molecular complexity index is 2680. The number of nitrogens with zero attached hydrogens (tertiary/aromatic N) is 11. The van der Waals surface area contributed by atoms with Gasteiger partial charge in [-0.3, -0.25) is 37.8 Å². The lowest BCUT2D eigenvalue weighted by atomic mass is 10.1. The number of ether oxygens (including phenoxy) is 3. The number of nitrogens with two attached hydrogens (primary N) is 1. The van der Waals surface area contributed by atoms with Crippen molar-refractivity contribution < 1.29 is 70.4 Å². The van der Waals surface area contributed by atoms with Gasteiger partial charge in [0.25, 0.3) is 0 Å². The smallest absolute Gasteiger partial charge is 0.412 e. The third kappa shape index (κ3) is 10.4. The number of fused-ring (bicyclic) bond motifs is 4. The van der Waals surface area contributed by atoms with E-state index in [4.69, 9.17) is 66.8 Å². The molecule has 3 saturated heterocycles. The lowest BCUT2D eigenvalue weighted by Crippen LogP contribution is -2.37. The van der Waals surface area contributed by atoms with Crippen LogP contribution in [0.3, 0.4) is 0 Å². The molecule has 3 fully saturated rings. The highest BCUT2D eigenvalue weighted by Crippen LogP contribution is 2.54. The Morgan fingerprint density at radius 2 is 1.51 bits per heavy atom. The van der Waals surface area contributed by atoms with Crippen LogP contribution in [0.25, 0.3) is 22.3 Å². The van der Waals surface area contributed by atoms with E-state index in [2.05, 4.69) is 50.8 Å². The topological polar surface area (TPSA) is 344 Å². The van der Waals surface area contributed by atoms with Crippen LogP contribution in [0.15, 0.2) is 31.5 Å². The fraction of sp³-hybridized carbons (Fsp3) is 0.531. The normalized spacial score (nSPS) is 29.9. The number of aryl methyl sites for hydroxylation is 1. The van der Waals surface area contributed by atoms with Gasteiger partial charge in [0.05, 0.1) is 51.6 Å². The van der Waals surface area contributed by atoms with Gasteiger partial charge in [0.15, 0.2) is 53.2 Å². The number of carbonyl (C=O) groups excluding carboxylic acids is 2. The molecular weight excluding hydrogens is 953 g/mol. The monoisotopic (exact) mass is 990 g/mol. The highest BCUT2D eigenvalue weighted by molar-refractivity contribution is 8.07. The third-order valence-electron chi connectivity index (χ3n) is 10.1. The molecule has 0 saturated carbocycles. The molecule has 8 rings (SSSR count). The molecule has 3 unspecified atom stereocenters. The molecule has 0 spiro atoms. The fourth-order valence-electron chi connectivity index (χ4n) is 7.01. The van der Waals surface area contributed by atoms with E-state index in [1.54, 1.807) is 6.20 Å². The lowest BCUT2D eigenvalue weighted by molar-refractivity contribution is -0.140. The molecule has 5 aromatic heterocycles. The summed E-state index contributed by atoms with van der Waals surface area (Å²) in [5, 5.41) is 21.8. The molecule has 7 N–H and O–H groups in total. The first-order valence-corrected chi connectivity index (χ1v) is 24.5. The van der Waals surface area contributed by atoms with E-state index in [9.17, 15) is 24.2 Å². The van der Waals surface area contributed by atoms with Gasteiger partial charge in [0.1, 0.15) is 48.3 Å². The van der Waals surface area contributed by atoms with Crippen molar-refractivity contribution in [3.63, 3.8) is 0 Å². The summed E-state index contributed by atoms with van der Waals surface area (Å²) in [6.07, 6.45) is -8.15. The largest absolute Gasteiger partial charge is 0.481 e. The summed E-state index contributed by atoms with van der Waals surface area (Å²) < 4.78 is 76.1. The van der Waals surface area contributed by atoms with Crippen LogP contribution in [0.1, 0.15) is 37.9 Å². The SMILES string of the molecule is CC(CC(=O)O)C(=O)NCc1cn(CCCOC(=O)Nc2ncnc3c2ncn3[C@@H]2O[C@@H]3COP(O)(=S)O[C@H]4[C@@H](F)[C@H](n5cnc6c(N)ncnc65)O[C@@H]4COP(O)(=S)O[C@H]3[C@H]2F)nn1. The molecule has 65 heavy (non-hydrogen) atoms. The number of nitrogens with one attached hydrogen (secondary N) is 2. The molecule has 0 radical (unpaired) electrons. The molecule has 0 aliphatic carbocycles. The molecule has 350 valence electrons. The summed E-state index contributed by atoms with van der Waals surface area (Å²) in [6, 6.07) is 0. The van der Waals surface area contributed by atoms with Crippen LogP contribution in [0.5, 0.6) is 0 Å². The van der Waals surface area contributed by atoms with Crippen molar-refractivity contribution in [2.24, 2.45) is 5.92 Å². The maximum absolute atomic E-state index is 16.5. The second kappa shape index (κ2) is 19.1. The van der Waals surface area contributed by atoms with Crippen molar-refractivity contribution in [2.75, 3.05) is 30.9 Å². The van der Waals surface area contributed by atoms with Gasteiger partial charge >= 0.3 is 25.5 Å². The molecule has 11 atom stereocenters. The Balaban J connectivity index is 0.885. The van der Waals surface area contributed by atoms with Gasteiger partial charge in [0, 0.05) is 18.9 Å². The van der Waals surface area contributed by atoms with Crippen LogP contribution in [-0.4, -0.2) is 143 Å². The summed E-state index contributed by atoms with van der Waals surface area (Å²) in [7, 11) is 0. The summed E-state index contributed by atoms with van der Waals surface area (Å²) in [4.78, 5) is 82.5. The number of rotatable bonds is 12. The van der Waals surface area contributed by atoms with Gasteiger partial charge in [-0.15, -0.1) is 5.10 Å². The number of anilines is 2. The molecule has 33 heteroatoms. The minimum atomic E-state index is -4.37. The number of halogens is 2. The Morgan fingerprint density at radius 1 is 0.923 bits per heavy atom. The second-order valence-corrected chi connectivity index (χ2v) is 20.2. The Labute approximate surface area is 373 Å². The highest BCUT2D eigenvalue weighted by Gasteiger charge is 2.54. The maximum atomic E-state index is 16.5. The van der Waals surface area contributed by atoms with Gasteiger partial charge < -0.3 is 49.2 Å². The zero-order valence-corrected chi connectivity index (χ0v) is 36.8. The standard InChI is InChI=1S/C32H38F2N14O13P2S2/c1-14(5-18(49)50)29(51)36-6-15-7-46(45-44-15)3-2-4-55-32(52)43-26-22-28(40-11-38-26)48(13-42-22)31-20(34)24-17(59-31)9-57-62(53,64)60-23-16(8-56-63(54,65)61-24)58-30(19(23)33)47-12-41-21-25(35)37-10-39-27(21)47/h7,10-14,16-17,19-20,23-24,30-31H,2-6,8-9H2,1H3,(H,36,51)(H,49,50)(H,53,64)(H,54,65)(H2,35,37,39)(H,38,40,43,52)/t14?,16-,17-,19-,20-,23-,24-,30-,31-,62?,63?/m1/s1. The summed E-state index contributed by atoms with van der Waals surface area (Å²) in [5.74, 6) is -2.32. The number of carbonyl (C=O) groups is 3. The highest BCUT2D eigenvalue weighted by atomic mass is 32.5. The summed E-state index contributed by atoms with van der Waals surface area (Å²) >= 11 is 10.4. The number of aliphatic carboxylic acids is 1. The van der Waals surface area contributed by atoms with E-state index in [-0.39, 0.29) is 60.1 Å². The average Bonchev–Trinajstić information content (AvgIpc) is 4.09. The quantitative estimate of drug-likeness (QED) is 0.0748. The molecule has 0 bridgehead atoms. The molecule has 8 heterocycles. The van der Waals surface area contributed by atoms with Crippen molar-refractivity contribution in [1.29, 1.82) is 0 Å². The van der Waals surface area contributed by atoms with Gasteiger partial charge in [-0.25, -0.2) is 43.5 Å². The number of amides is 2.